The van der Waals surface area contributed by atoms with Crippen molar-refractivity contribution in [1.29, 1.82) is 0 Å². The maximum Gasteiger partial charge on any atom is 0.124 e. The van der Waals surface area contributed by atoms with Crippen molar-refractivity contribution < 1.29 is 4.74 Å². The van der Waals surface area contributed by atoms with Gasteiger partial charge in [0.15, 0.2) is 0 Å². The summed E-state index contributed by atoms with van der Waals surface area (Å²) in [6.07, 6.45) is 4.48. The summed E-state index contributed by atoms with van der Waals surface area (Å²) < 4.78 is 5.90. The predicted octanol–water partition coefficient (Wildman–Crippen LogP) is 5.87. The standard InChI is InChI=1S/C12H20O.2C2H6/c1-9(2)8-12(5)7-6-10(3)11(4)13-12;2*1-2/h8H,6-7H2,1-5H3;2*1-2H3. The molecule has 1 atom stereocenters. The van der Waals surface area contributed by atoms with E-state index in [0.29, 0.717) is 0 Å². The van der Waals surface area contributed by atoms with Gasteiger partial charge in [-0.3, -0.25) is 0 Å². The van der Waals surface area contributed by atoms with Crippen LogP contribution in [0.3, 0.4) is 0 Å². The molecule has 0 amide bonds. The normalized spacial score (nSPS) is 22.4. The van der Waals surface area contributed by atoms with Crippen LogP contribution in [0.15, 0.2) is 23.0 Å². The van der Waals surface area contributed by atoms with Gasteiger partial charge < -0.3 is 4.74 Å². The van der Waals surface area contributed by atoms with E-state index in [1.165, 1.54) is 11.1 Å². The summed E-state index contributed by atoms with van der Waals surface area (Å²) in [5, 5.41) is 0. The van der Waals surface area contributed by atoms with E-state index in [0.717, 1.165) is 18.6 Å². The molecular weight excluding hydrogens is 208 g/mol. The van der Waals surface area contributed by atoms with Crippen LogP contribution in [0, 0.1) is 0 Å². The lowest BCUT2D eigenvalue weighted by Gasteiger charge is -2.33. The maximum absolute atomic E-state index is 5.90. The zero-order valence-corrected chi connectivity index (χ0v) is 13.4. The lowest BCUT2D eigenvalue weighted by Crippen LogP contribution is -2.29. The first-order valence-corrected chi connectivity index (χ1v) is 6.94. The van der Waals surface area contributed by atoms with Gasteiger partial charge in [-0.15, -0.1) is 0 Å². The van der Waals surface area contributed by atoms with E-state index in [2.05, 4.69) is 40.7 Å². The van der Waals surface area contributed by atoms with Crippen molar-refractivity contribution in [3.8, 4) is 0 Å². The highest BCUT2D eigenvalue weighted by atomic mass is 16.5. The van der Waals surface area contributed by atoms with Crippen molar-refractivity contribution in [3.63, 3.8) is 0 Å². The second-order valence-corrected chi connectivity index (χ2v) is 4.47. The molecule has 0 bridgehead atoms. The molecule has 1 nitrogen and oxygen atoms in total. The first-order valence-electron chi connectivity index (χ1n) is 6.94. The maximum atomic E-state index is 5.90. The van der Waals surface area contributed by atoms with E-state index in [9.17, 15) is 0 Å². The van der Waals surface area contributed by atoms with Gasteiger partial charge in [-0.1, -0.05) is 33.3 Å². The number of allylic oxidation sites excluding steroid dienone is 3. The molecule has 0 aromatic carbocycles. The predicted molar refractivity (Wildman–Crippen MR) is 79.2 cm³/mol. The highest BCUT2D eigenvalue weighted by molar-refractivity contribution is 5.16. The zero-order valence-electron chi connectivity index (χ0n) is 13.4. The Bertz CT molecular complexity index is 257. The van der Waals surface area contributed by atoms with E-state index in [1.54, 1.807) is 0 Å². The van der Waals surface area contributed by atoms with Gasteiger partial charge in [0.1, 0.15) is 5.60 Å². The molecule has 1 aliphatic heterocycles. The van der Waals surface area contributed by atoms with Crippen molar-refractivity contribution in [1.82, 2.24) is 0 Å². The van der Waals surface area contributed by atoms with Gasteiger partial charge in [0.25, 0.3) is 0 Å². The van der Waals surface area contributed by atoms with Crippen molar-refractivity contribution >= 4 is 0 Å². The van der Waals surface area contributed by atoms with Crippen LogP contribution >= 0.6 is 0 Å². The molecule has 0 fully saturated rings. The van der Waals surface area contributed by atoms with Crippen LogP contribution in [0.2, 0.25) is 0 Å². The Kier molecular flexibility index (Phi) is 10.2. The molecule has 1 aliphatic rings. The monoisotopic (exact) mass is 240 g/mol. The number of rotatable bonds is 1. The van der Waals surface area contributed by atoms with E-state index in [4.69, 9.17) is 4.74 Å². The van der Waals surface area contributed by atoms with E-state index < -0.39 is 0 Å². The SMILES string of the molecule is CC.CC.CC(C)=CC1(C)CCC(C)=C(C)O1. The van der Waals surface area contributed by atoms with E-state index in [-0.39, 0.29) is 5.60 Å². The smallest absolute Gasteiger partial charge is 0.124 e. The van der Waals surface area contributed by atoms with E-state index in [1.807, 2.05) is 27.7 Å². The van der Waals surface area contributed by atoms with Gasteiger partial charge in [-0.2, -0.15) is 0 Å². The average molecular weight is 240 g/mol. The van der Waals surface area contributed by atoms with Gasteiger partial charge in [0.05, 0.1) is 5.76 Å². The van der Waals surface area contributed by atoms with Crippen LogP contribution < -0.4 is 0 Å². The molecule has 0 aliphatic carbocycles. The van der Waals surface area contributed by atoms with Gasteiger partial charge >= 0.3 is 0 Å². The summed E-state index contributed by atoms with van der Waals surface area (Å²) in [4.78, 5) is 0. The van der Waals surface area contributed by atoms with Gasteiger partial charge in [0.2, 0.25) is 0 Å². The minimum absolute atomic E-state index is 0.0670. The topological polar surface area (TPSA) is 9.23 Å². The molecule has 17 heavy (non-hydrogen) atoms. The van der Waals surface area contributed by atoms with Crippen molar-refractivity contribution in [2.75, 3.05) is 0 Å². The van der Waals surface area contributed by atoms with Crippen LogP contribution in [0.25, 0.3) is 0 Å². The molecule has 0 N–H and O–H groups in total. The van der Waals surface area contributed by atoms with Gasteiger partial charge in [0, 0.05) is 0 Å². The molecule has 1 unspecified atom stereocenters. The fourth-order valence-electron chi connectivity index (χ4n) is 1.81. The van der Waals surface area contributed by atoms with Crippen LogP contribution in [0.1, 0.15) is 75.2 Å². The minimum atomic E-state index is -0.0670. The Morgan fingerprint density at radius 1 is 1.12 bits per heavy atom. The fourth-order valence-corrected chi connectivity index (χ4v) is 1.81. The molecule has 0 spiro atoms. The Balaban J connectivity index is 0. The Morgan fingerprint density at radius 3 is 1.94 bits per heavy atom. The highest BCUT2D eigenvalue weighted by Crippen LogP contribution is 2.32. The second kappa shape index (κ2) is 9.32. The molecule has 0 saturated carbocycles. The van der Waals surface area contributed by atoms with Gasteiger partial charge in [-0.05, 0) is 59.1 Å². The second-order valence-electron chi connectivity index (χ2n) is 4.47. The fraction of sp³-hybridized carbons (Fsp3) is 0.750. The molecular formula is C16H32O. The first-order chi connectivity index (χ1) is 7.93. The molecule has 1 heterocycles. The number of ether oxygens (including phenoxy) is 1. The molecule has 0 aromatic heterocycles. The lowest BCUT2D eigenvalue weighted by atomic mass is 9.92. The molecule has 0 radical (unpaired) electrons. The molecule has 1 heteroatoms. The average Bonchev–Trinajstić information content (AvgIpc) is 2.28. The number of hydrogen-bond acceptors (Lipinski definition) is 1. The van der Waals surface area contributed by atoms with E-state index >= 15 is 0 Å². The van der Waals surface area contributed by atoms with Crippen LogP contribution in [-0.4, -0.2) is 5.60 Å². The summed E-state index contributed by atoms with van der Waals surface area (Å²) in [5.41, 5.74) is 2.65. The highest BCUT2D eigenvalue weighted by Gasteiger charge is 2.27. The Hall–Kier alpha value is -0.720. The largest absolute Gasteiger partial charge is 0.488 e. The summed E-state index contributed by atoms with van der Waals surface area (Å²) >= 11 is 0. The van der Waals surface area contributed by atoms with Crippen LogP contribution in [-0.2, 0) is 4.74 Å². The van der Waals surface area contributed by atoms with Crippen molar-refractivity contribution in [2.24, 2.45) is 0 Å². The van der Waals surface area contributed by atoms with Crippen LogP contribution in [0.4, 0.5) is 0 Å². The first kappa shape index (κ1) is 18.6. The summed E-state index contributed by atoms with van der Waals surface area (Å²) in [5.74, 6) is 1.10. The molecule has 1 rings (SSSR count). The Morgan fingerprint density at radius 2 is 1.59 bits per heavy atom. The molecule has 102 valence electrons. The Labute approximate surface area is 109 Å². The quantitative estimate of drug-likeness (QED) is 0.521. The van der Waals surface area contributed by atoms with Crippen molar-refractivity contribution in [3.05, 3.63) is 23.0 Å². The summed E-state index contributed by atoms with van der Waals surface area (Å²) in [7, 11) is 0. The third-order valence-electron chi connectivity index (χ3n) is 2.58. The lowest BCUT2D eigenvalue weighted by molar-refractivity contribution is 0.0386. The van der Waals surface area contributed by atoms with Crippen LogP contribution in [0.5, 0.6) is 0 Å². The third-order valence-corrected chi connectivity index (χ3v) is 2.58. The minimum Gasteiger partial charge on any atom is -0.488 e. The van der Waals surface area contributed by atoms with Gasteiger partial charge in [-0.25, -0.2) is 0 Å². The zero-order chi connectivity index (χ0) is 14.1. The summed E-state index contributed by atoms with van der Waals surface area (Å²) in [6, 6.07) is 0. The summed E-state index contributed by atoms with van der Waals surface area (Å²) in [6.45, 7) is 18.6. The van der Waals surface area contributed by atoms with Crippen molar-refractivity contribution in [2.45, 2.75) is 80.8 Å². The third kappa shape index (κ3) is 7.25. The molecule has 0 saturated heterocycles. The molecule has 0 aromatic rings. The number of hydrogen-bond donors (Lipinski definition) is 0.